The van der Waals surface area contributed by atoms with Gasteiger partial charge in [0.2, 0.25) is 6.10 Å². The Bertz CT molecular complexity index is 796. The van der Waals surface area contributed by atoms with E-state index in [0.29, 0.717) is 15.5 Å². The minimum Gasteiger partial charge on any atom is -0.481 e. The molecule has 8 heteroatoms. The van der Waals surface area contributed by atoms with Crippen molar-refractivity contribution in [3.05, 3.63) is 53.1 Å². The largest absolute Gasteiger partial charge is 0.481 e. The first-order chi connectivity index (χ1) is 11.8. The molecule has 3 rings (SSSR count). The molecule has 1 N–H and O–H groups in total. The van der Waals surface area contributed by atoms with E-state index in [-0.39, 0.29) is 12.2 Å². The highest BCUT2D eigenvalue weighted by Crippen LogP contribution is 2.43. The van der Waals surface area contributed by atoms with Crippen LogP contribution in [-0.2, 0) is 11.2 Å². The molecule has 132 valence electrons. The van der Waals surface area contributed by atoms with Crippen molar-refractivity contribution in [2.75, 3.05) is 0 Å². The summed E-state index contributed by atoms with van der Waals surface area (Å²) in [5, 5.41) is 9.44. The third-order valence-corrected chi connectivity index (χ3v) is 5.28. The van der Waals surface area contributed by atoms with E-state index in [1.807, 2.05) is 30.3 Å². The Kier molecular flexibility index (Phi) is 4.88. The molecule has 0 saturated carbocycles. The topological polar surface area (TPSA) is 46.5 Å². The number of alkyl halides is 3. The highest BCUT2D eigenvalue weighted by Gasteiger charge is 2.52. The lowest BCUT2D eigenvalue weighted by atomic mass is 9.90. The monoisotopic (exact) mass is 388 g/mol. The van der Waals surface area contributed by atoms with Crippen LogP contribution in [0.3, 0.4) is 0 Å². The van der Waals surface area contributed by atoms with Gasteiger partial charge in [-0.05, 0) is 36.2 Å². The molecular formula is C17H12ClF3O3S. The van der Waals surface area contributed by atoms with E-state index in [1.165, 1.54) is 23.9 Å². The van der Waals surface area contributed by atoms with E-state index >= 15 is 0 Å². The van der Waals surface area contributed by atoms with Crippen LogP contribution in [0.15, 0.2) is 52.3 Å². The Labute approximate surface area is 150 Å². The van der Waals surface area contributed by atoms with Crippen molar-refractivity contribution in [1.82, 2.24) is 0 Å². The lowest BCUT2D eigenvalue weighted by Crippen LogP contribution is -2.47. The van der Waals surface area contributed by atoms with E-state index in [4.69, 9.17) is 21.4 Å². The standard InChI is InChI=1S/C17H12ClF3O3S/c18-12-7-9-6-11(16(22)23)15(17(19,20)21)24-13(9)8-14(12)25-10-4-2-1-3-5-10/h1-5,7-8,11,15H,6H2,(H,22,23)/t11-,15+/m1/s1. The molecule has 0 bridgehead atoms. The average molecular weight is 389 g/mol. The van der Waals surface area contributed by atoms with Gasteiger partial charge in [-0.25, -0.2) is 0 Å². The second-order valence-corrected chi connectivity index (χ2v) is 7.06. The number of hydrogen-bond acceptors (Lipinski definition) is 3. The summed E-state index contributed by atoms with van der Waals surface area (Å²) in [5.74, 6) is -3.23. The van der Waals surface area contributed by atoms with Crippen LogP contribution in [0.4, 0.5) is 13.2 Å². The summed E-state index contributed by atoms with van der Waals surface area (Å²) in [5.41, 5.74) is 0.357. The number of benzene rings is 2. The molecule has 0 amide bonds. The molecule has 1 heterocycles. The summed E-state index contributed by atoms with van der Waals surface area (Å²) in [6, 6.07) is 12.1. The van der Waals surface area contributed by atoms with Crippen molar-refractivity contribution in [3.8, 4) is 5.75 Å². The summed E-state index contributed by atoms with van der Waals surface area (Å²) in [6.07, 6.45) is -7.44. The average Bonchev–Trinajstić information content (AvgIpc) is 2.54. The SMILES string of the molecule is O=C(O)[C@@H]1Cc2cc(Cl)c(Sc3ccccc3)cc2O[C@@H]1C(F)(F)F. The van der Waals surface area contributed by atoms with Gasteiger partial charge in [0.25, 0.3) is 0 Å². The maximum absolute atomic E-state index is 13.2. The van der Waals surface area contributed by atoms with Crippen LogP contribution in [0.5, 0.6) is 5.75 Å². The molecule has 0 fully saturated rings. The summed E-state index contributed by atoms with van der Waals surface area (Å²) in [7, 11) is 0. The fraction of sp³-hybridized carbons (Fsp3) is 0.235. The predicted molar refractivity (Wildman–Crippen MR) is 87.3 cm³/mol. The van der Waals surface area contributed by atoms with Crippen LogP contribution < -0.4 is 4.74 Å². The zero-order valence-corrected chi connectivity index (χ0v) is 14.2. The zero-order valence-electron chi connectivity index (χ0n) is 12.6. The number of ether oxygens (including phenoxy) is 1. The molecule has 0 spiro atoms. The van der Waals surface area contributed by atoms with Crippen molar-refractivity contribution >= 4 is 29.3 Å². The first-order valence-corrected chi connectivity index (χ1v) is 8.46. The Morgan fingerprint density at radius 2 is 1.92 bits per heavy atom. The van der Waals surface area contributed by atoms with Gasteiger partial charge in [-0.3, -0.25) is 4.79 Å². The highest BCUT2D eigenvalue weighted by molar-refractivity contribution is 7.99. The van der Waals surface area contributed by atoms with Crippen molar-refractivity contribution in [2.24, 2.45) is 5.92 Å². The third-order valence-electron chi connectivity index (χ3n) is 3.79. The number of hydrogen-bond donors (Lipinski definition) is 1. The van der Waals surface area contributed by atoms with E-state index in [9.17, 15) is 18.0 Å². The van der Waals surface area contributed by atoms with Crippen molar-refractivity contribution in [1.29, 1.82) is 0 Å². The van der Waals surface area contributed by atoms with E-state index in [0.717, 1.165) is 4.90 Å². The lowest BCUT2D eigenvalue weighted by Gasteiger charge is -2.32. The van der Waals surface area contributed by atoms with E-state index < -0.39 is 24.2 Å². The van der Waals surface area contributed by atoms with Gasteiger partial charge in [0.1, 0.15) is 11.7 Å². The second kappa shape index (κ2) is 6.80. The molecule has 0 unspecified atom stereocenters. The third kappa shape index (κ3) is 3.88. The van der Waals surface area contributed by atoms with Gasteiger partial charge in [0.05, 0.1) is 5.02 Å². The van der Waals surface area contributed by atoms with Crippen LogP contribution in [0.2, 0.25) is 5.02 Å². The Morgan fingerprint density at radius 1 is 1.24 bits per heavy atom. The molecular weight excluding hydrogens is 377 g/mol. The van der Waals surface area contributed by atoms with Gasteiger partial charge in [-0.15, -0.1) is 0 Å². The van der Waals surface area contributed by atoms with E-state index in [2.05, 4.69) is 0 Å². The smallest absolute Gasteiger partial charge is 0.426 e. The summed E-state index contributed by atoms with van der Waals surface area (Å²) in [6.45, 7) is 0. The Hall–Kier alpha value is -1.86. The molecule has 2 aromatic carbocycles. The van der Waals surface area contributed by atoms with Gasteiger partial charge in [-0.1, -0.05) is 41.6 Å². The maximum Gasteiger partial charge on any atom is 0.426 e. The van der Waals surface area contributed by atoms with Gasteiger partial charge in [0, 0.05) is 9.79 Å². The Balaban J connectivity index is 1.96. The molecule has 2 aromatic rings. The Morgan fingerprint density at radius 3 is 2.52 bits per heavy atom. The molecule has 0 saturated heterocycles. The number of fused-ring (bicyclic) bond motifs is 1. The van der Waals surface area contributed by atoms with Crippen LogP contribution in [-0.4, -0.2) is 23.4 Å². The van der Waals surface area contributed by atoms with Gasteiger partial charge in [0.15, 0.2) is 0 Å². The minimum atomic E-state index is -4.77. The number of carboxylic acid groups (broad SMARTS) is 1. The van der Waals surface area contributed by atoms with Crippen LogP contribution in [0.25, 0.3) is 0 Å². The van der Waals surface area contributed by atoms with Gasteiger partial charge >= 0.3 is 12.1 Å². The van der Waals surface area contributed by atoms with Crippen molar-refractivity contribution in [2.45, 2.75) is 28.5 Å². The highest BCUT2D eigenvalue weighted by atomic mass is 35.5. The summed E-state index contributed by atoms with van der Waals surface area (Å²) >= 11 is 7.51. The molecule has 2 atom stereocenters. The molecule has 1 aliphatic rings. The lowest BCUT2D eigenvalue weighted by molar-refractivity contribution is -0.217. The first kappa shape index (κ1) is 17.9. The normalized spacial score (nSPS) is 19.8. The van der Waals surface area contributed by atoms with Crippen molar-refractivity contribution in [3.63, 3.8) is 0 Å². The number of aliphatic carboxylic acids is 1. The van der Waals surface area contributed by atoms with E-state index in [1.54, 1.807) is 0 Å². The molecule has 0 aliphatic carbocycles. The molecule has 0 radical (unpaired) electrons. The van der Waals surface area contributed by atoms with Crippen LogP contribution >= 0.6 is 23.4 Å². The quantitative estimate of drug-likeness (QED) is 0.798. The fourth-order valence-electron chi connectivity index (χ4n) is 2.61. The molecule has 25 heavy (non-hydrogen) atoms. The van der Waals surface area contributed by atoms with Gasteiger partial charge < -0.3 is 9.84 Å². The second-order valence-electron chi connectivity index (χ2n) is 5.53. The van der Waals surface area contributed by atoms with Crippen molar-refractivity contribution < 1.29 is 27.8 Å². The predicted octanol–water partition coefficient (Wildman–Crippen LogP) is 5.06. The minimum absolute atomic E-state index is 0.0163. The number of carbonyl (C=O) groups is 1. The number of halogens is 4. The van der Waals surface area contributed by atoms with Crippen LogP contribution in [0, 0.1) is 5.92 Å². The number of carboxylic acids is 1. The molecule has 0 aromatic heterocycles. The molecule has 1 aliphatic heterocycles. The zero-order chi connectivity index (χ0) is 18.2. The molecule has 3 nitrogen and oxygen atoms in total. The summed E-state index contributed by atoms with van der Waals surface area (Å²) < 4.78 is 44.5. The van der Waals surface area contributed by atoms with Crippen LogP contribution in [0.1, 0.15) is 5.56 Å². The van der Waals surface area contributed by atoms with Gasteiger partial charge in [-0.2, -0.15) is 13.2 Å². The first-order valence-electron chi connectivity index (χ1n) is 7.27. The number of rotatable bonds is 3. The fourth-order valence-corrected chi connectivity index (χ4v) is 3.79. The summed E-state index contributed by atoms with van der Waals surface area (Å²) in [4.78, 5) is 12.6. The maximum atomic E-state index is 13.2.